The molecule has 0 unspecified atom stereocenters. The first-order valence-corrected chi connectivity index (χ1v) is 9.15. The lowest BCUT2D eigenvalue weighted by atomic mass is 10.0. The summed E-state index contributed by atoms with van der Waals surface area (Å²) in [7, 11) is 0. The molecule has 1 atom stereocenters. The Morgan fingerprint density at radius 3 is 2.34 bits per heavy atom. The van der Waals surface area contributed by atoms with Crippen LogP contribution >= 0.6 is 11.6 Å². The molecule has 0 fully saturated rings. The number of nitrogens with one attached hydrogen (secondary N) is 1. The van der Waals surface area contributed by atoms with Crippen molar-refractivity contribution in [2.24, 2.45) is 0 Å². The standard InChI is InChI=1S/C20H19ClN2O6/c1-3-13-4-6-14(7-5-13)19(25)12(2)29-18(24)11-22-20(26)15-8-9-16(21)17(10-15)23(27)28/h4-10,12H,3,11H2,1-2H3,(H,22,26)/t12-/m0/s1. The number of hydrogen-bond donors (Lipinski definition) is 1. The van der Waals surface area contributed by atoms with E-state index in [-0.39, 0.29) is 16.4 Å². The van der Waals surface area contributed by atoms with E-state index in [4.69, 9.17) is 16.3 Å². The Hall–Kier alpha value is -3.26. The number of nitro benzene ring substituents is 1. The summed E-state index contributed by atoms with van der Waals surface area (Å²) in [5, 5.41) is 13.1. The van der Waals surface area contributed by atoms with E-state index in [2.05, 4.69) is 5.32 Å². The summed E-state index contributed by atoms with van der Waals surface area (Å²) >= 11 is 5.70. The number of Topliss-reactive ketones (excluding diaryl/α,β-unsaturated/α-hetero) is 1. The second kappa shape index (κ2) is 9.79. The maximum absolute atomic E-state index is 12.3. The molecule has 0 bridgehead atoms. The van der Waals surface area contributed by atoms with E-state index in [9.17, 15) is 24.5 Å². The van der Waals surface area contributed by atoms with Crippen molar-refractivity contribution < 1.29 is 24.0 Å². The predicted octanol–water partition coefficient (Wildman–Crippen LogP) is 3.36. The molecule has 152 valence electrons. The predicted molar refractivity (Wildman–Crippen MR) is 106 cm³/mol. The third-order valence-corrected chi connectivity index (χ3v) is 4.44. The van der Waals surface area contributed by atoms with Gasteiger partial charge in [-0.15, -0.1) is 0 Å². The highest BCUT2D eigenvalue weighted by Gasteiger charge is 2.21. The molecule has 1 amide bonds. The third-order valence-electron chi connectivity index (χ3n) is 4.12. The van der Waals surface area contributed by atoms with Gasteiger partial charge in [0.1, 0.15) is 11.6 Å². The van der Waals surface area contributed by atoms with Crippen LogP contribution in [0.2, 0.25) is 5.02 Å². The molecule has 0 heterocycles. The number of carbonyl (C=O) groups is 3. The van der Waals surface area contributed by atoms with Gasteiger partial charge in [-0.05, 0) is 31.0 Å². The zero-order chi connectivity index (χ0) is 21.6. The van der Waals surface area contributed by atoms with Crippen molar-refractivity contribution in [1.82, 2.24) is 5.32 Å². The number of hydrogen-bond acceptors (Lipinski definition) is 6. The molecular formula is C20H19ClN2O6. The minimum atomic E-state index is -1.02. The number of nitro groups is 1. The van der Waals surface area contributed by atoms with E-state index >= 15 is 0 Å². The lowest BCUT2D eigenvalue weighted by molar-refractivity contribution is -0.384. The van der Waals surface area contributed by atoms with Crippen LogP contribution < -0.4 is 5.32 Å². The Morgan fingerprint density at radius 1 is 1.14 bits per heavy atom. The fraction of sp³-hybridized carbons (Fsp3) is 0.250. The minimum Gasteiger partial charge on any atom is -0.453 e. The van der Waals surface area contributed by atoms with Crippen molar-refractivity contribution in [1.29, 1.82) is 0 Å². The van der Waals surface area contributed by atoms with Crippen molar-refractivity contribution in [3.8, 4) is 0 Å². The van der Waals surface area contributed by atoms with Gasteiger partial charge in [-0.3, -0.25) is 24.5 Å². The van der Waals surface area contributed by atoms with E-state index < -0.39 is 35.1 Å². The summed E-state index contributed by atoms with van der Waals surface area (Å²) in [6, 6.07) is 10.5. The van der Waals surface area contributed by atoms with Crippen molar-refractivity contribution in [3.05, 3.63) is 74.3 Å². The molecule has 2 aromatic rings. The van der Waals surface area contributed by atoms with Crippen molar-refractivity contribution in [2.75, 3.05) is 6.54 Å². The Kier molecular flexibility index (Phi) is 7.44. The van der Waals surface area contributed by atoms with Gasteiger partial charge in [0.05, 0.1) is 4.92 Å². The van der Waals surface area contributed by atoms with Gasteiger partial charge < -0.3 is 10.1 Å². The number of nitrogens with zero attached hydrogens (tertiary/aromatic N) is 1. The molecule has 2 aromatic carbocycles. The van der Waals surface area contributed by atoms with Gasteiger partial charge in [-0.25, -0.2) is 0 Å². The average molecular weight is 419 g/mol. The first kappa shape index (κ1) is 22.0. The first-order valence-electron chi connectivity index (χ1n) is 8.77. The number of amides is 1. The molecule has 1 N–H and O–H groups in total. The van der Waals surface area contributed by atoms with Gasteiger partial charge in [0.15, 0.2) is 6.10 Å². The topological polar surface area (TPSA) is 116 Å². The van der Waals surface area contributed by atoms with Crippen LogP contribution in [0.3, 0.4) is 0 Å². The summed E-state index contributed by atoms with van der Waals surface area (Å²) in [6.45, 7) is 2.94. The minimum absolute atomic E-state index is 0.0333. The smallest absolute Gasteiger partial charge is 0.326 e. The number of rotatable bonds is 8. The molecule has 0 aromatic heterocycles. The number of esters is 1. The van der Waals surface area contributed by atoms with E-state index in [0.717, 1.165) is 18.1 Å². The zero-order valence-corrected chi connectivity index (χ0v) is 16.6. The van der Waals surface area contributed by atoms with Crippen LogP contribution in [0.25, 0.3) is 0 Å². The van der Waals surface area contributed by atoms with Gasteiger partial charge in [0.2, 0.25) is 5.78 Å². The monoisotopic (exact) mass is 418 g/mol. The third kappa shape index (κ3) is 5.86. The molecule has 0 aliphatic rings. The van der Waals surface area contributed by atoms with Crippen LogP contribution in [-0.2, 0) is 16.0 Å². The van der Waals surface area contributed by atoms with Crippen LogP contribution in [0, 0.1) is 10.1 Å². The molecule has 9 heteroatoms. The molecule has 0 spiro atoms. The average Bonchev–Trinajstić information content (AvgIpc) is 2.71. The second-order valence-electron chi connectivity index (χ2n) is 6.15. The lowest BCUT2D eigenvalue weighted by Crippen LogP contribution is -2.34. The molecule has 0 aliphatic carbocycles. The number of ketones is 1. The summed E-state index contributed by atoms with van der Waals surface area (Å²) in [4.78, 5) is 46.5. The van der Waals surface area contributed by atoms with E-state index in [0.29, 0.717) is 5.56 Å². The maximum Gasteiger partial charge on any atom is 0.326 e. The highest BCUT2D eigenvalue weighted by molar-refractivity contribution is 6.32. The summed E-state index contributed by atoms with van der Waals surface area (Å²) in [5.74, 6) is -1.88. The molecule has 29 heavy (non-hydrogen) atoms. The van der Waals surface area contributed by atoms with Crippen LogP contribution in [-0.4, -0.2) is 35.2 Å². The molecule has 2 rings (SSSR count). The Labute approximate surface area is 172 Å². The van der Waals surface area contributed by atoms with E-state index in [1.165, 1.54) is 19.1 Å². The van der Waals surface area contributed by atoms with Gasteiger partial charge in [0, 0.05) is 17.2 Å². The first-order chi connectivity index (χ1) is 13.7. The molecule has 8 nitrogen and oxygen atoms in total. The van der Waals surface area contributed by atoms with Gasteiger partial charge >= 0.3 is 5.97 Å². The number of benzene rings is 2. The lowest BCUT2D eigenvalue weighted by Gasteiger charge is -2.13. The van der Waals surface area contributed by atoms with Crippen LogP contribution in [0.1, 0.15) is 40.1 Å². The fourth-order valence-corrected chi connectivity index (χ4v) is 2.67. The Bertz CT molecular complexity index is 942. The number of ether oxygens (including phenoxy) is 1. The van der Waals surface area contributed by atoms with Crippen molar-refractivity contribution in [3.63, 3.8) is 0 Å². The summed E-state index contributed by atoms with van der Waals surface area (Å²) < 4.78 is 5.06. The number of aryl methyl sites for hydroxylation is 1. The van der Waals surface area contributed by atoms with Gasteiger partial charge in [-0.2, -0.15) is 0 Å². The number of halogens is 1. The Balaban J connectivity index is 1.91. The summed E-state index contributed by atoms with van der Waals surface area (Å²) in [6.07, 6.45) is -0.182. The van der Waals surface area contributed by atoms with Crippen LogP contribution in [0.5, 0.6) is 0 Å². The van der Waals surface area contributed by atoms with Crippen LogP contribution in [0.4, 0.5) is 5.69 Å². The fourth-order valence-electron chi connectivity index (χ4n) is 2.48. The van der Waals surface area contributed by atoms with Gasteiger partial charge in [-0.1, -0.05) is 42.8 Å². The van der Waals surface area contributed by atoms with Gasteiger partial charge in [0.25, 0.3) is 11.6 Å². The Morgan fingerprint density at radius 2 is 1.76 bits per heavy atom. The van der Waals surface area contributed by atoms with Crippen LogP contribution in [0.15, 0.2) is 42.5 Å². The number of carbonyl (C=O) groups excluding carboxylic acids is 3. The molecule has 0 aliphatic heterocycles. The second-order valence-corrected chi connectivity index (χ2v) is 6.56. The zero-order valence-electron chi connectivity index (χ0n) is 15.8. The quantitative estimate of drug-likeness (QED) is 0.304. The molecule has 0 saturated heterocycles. The highest BCUT2D eigenvalue weighted by atomic mass is 35.5. The molecule has 0 saturated carbocycles. The summed E-state index contributed by atoms with van der Waals surface area (Å²) in [5.41, 5.74) is 1.04. The largest absolute Gasteiger partial charge is 0.453 e. The normalized spacial score (nSPS) is 11.4. The van der Waals surface area contributed by atoms with Crippen molar-refractivity contribution >= 4 is 34.9 Å². The maximum atomic E-state index is 12.3. The van der Waals surface area contributed by atoms with E-state index in [1.807, 2.05) is 19.1 Å². The van der Waals surface area contributed by atoms with Crippen molar-refractivity contribution in [2.45, 2.75) is 26.4 Å². The highest BCUT2D eigenvalue weighted by Crippen LogP contribution is 2.24. The van der Waals surface area contributed by atoms with E-state index in [1.54, 1.807) is 12.1 Å². The molecule has 0 radical (unpaired) electrons. The SMILES string of the molecule is CCc1ccc(C(=O)[C@H](C)OC(=O)CNC(=O)c2ccc(Cl)c([N+](=O)[O-])c2)cc1. The molecular weight excluding hydrogens is 400 g/mol.